The summed E-state index contributed by atoms with van der Waals surface area (Å²) in [5.41, 5.74) is 0.649. The van der Waals surface area contributed by atoms with Crippen molar-refractivity contribution >= 4 is 17.9 Å². The minimum absolute atomic E-state index is 0.112. The van der Waals surface area contributed by atoms with E-state index in [0.717, 1.165) is 0 Å². The van der Waals surface area contributed by atoms with Crippen LogP contribution in [0.15, 0.2) is 43.0 Å². The molecule has 6 nitrogen and oxygen atoms in total. The second-order valence-corrected chi connectivity index (χ2v) is 5.57. The lowest BCUT2D eigenvalue weighted by molar-refractivity contribution is -0.164. The van der Waals surface area contributed by atoms with Crippen molar-refractivity contribution in [1.29, 1.82) is 0 Å². The molecular formula is C20H26O6. The molecule has 0 amide bonds. The maximum absolute atomic E-state index is 12.6. The van der Waals surface area contributed by atoms with Gasteiger partial charge in [0.25, 0.3) is 0 Å². The lowest BCUT2D eigenvalue weighted by Gasteiger charge is -2.29. The molecule has 0 aliphatic carbocycles. The summed E-state index contributed by atoms with van der Waals surface area (Å²) in [5, 5.41) is 0. The number of methoxy groups -OCH3 is 1. The number of benzene rings is 1. The maximum Gasteiger partial charge on any atom is 0.320 e. The van der Waals surface area contributed by atoms with Crippen molar-refractivity contribution in [2.24, 2.45) is 11.8 Å². The van der Waals surface area contributed by atoms with Crippen LogP contribution in [0.2, 0.25) is 0 Å². The molecule has 0 unspecified atom stereocenters. The van der Waals surface area contributed by atoms with Gasteiger partial charge in [-0.05, 0) is 25.8 Å². The second kappa shape index (κ2) is 11.1. The molecule has 0 aromatic heterocycles. The fraction of sp³-hybridized carbons (Fsp3) is 0.450. The summed E-state index contributed by atoms with van der Waals surface area (Å²) in [4.78, 5) is 37.6. The predicted octanol–water partition coefficient (Wildman–Crippen LogP) is 2.88. The first-order valence-electron chi connectivity index (χ1n) is 8.58. The minimum atomic E-state index is -1.28. The first-order chi connectivity index (χ1) is 12.5. The van der Waals surface area contributed by atoms with Crippen LogP contribution in [0.4, 0.5) is 0 Å². The van der Waals surface area contributed by atoms with Crippen LogP contribution in [0.1, 0.15) is 31.7 Å². The highest BCUT2D eigenvalue weighted by atomic mass is 16.6. The third-order valence-electron chi connectivity index (χ3n) is 3.98. The van der Waals surface area contributed by atoms with Crippen LogP contribution in [-0.2, 0) is 28.6 Å². The number of allylic oxidation sites excluding steroid dienone is 1. The number of hydrogen-bond acceptors (Lipinski definition) is 6. The fourth-order valence-electron chi connectivity index (χ4n) is 2.91. The summed E-state index contributed by atoms with van der Waals surface area (Å²) in [7, 11) is 1.27. The normalized spacial score (nSPS) is 12.8. The van der Waals surface area contributed by atoms with E-state index >= 15 is 0 Å². The molecule has 1 aromatic rings. The van der Waals surface area contributed by atoms with Gasteiger partial charge in [0.05, 0.1) is 26.2 Å². The standard InChI is InChI=1S/C20H26O6/c1-5-11-15(18(21)24-4)16(14-12-9-8-10-13-14)17(19(22)25-6-2)20(23)26-7-3/h5,8-10,12-13,15-17H,1,6-7,11H2,2-4H3/t15-,16+/m0/s1. The number of hydrogen-bond donors (Lipinski definition) is 0. The van der Waals surface area contributed by atoms with Crippen LogP contribution in [-0.4, -0.2) is 38.2 Å². The van der Waals surface area contributed by atoms with Crippen molar-refractivity contribution in [2.75, 3.05) is 20.3 Å². The van der Waals surface area contributed by atoms with Crippen molar-refractivity contribution in [3.05, 3.63) is 48.6 Å². The van der Waals surface area contributed by atoms with Crippen LogP contribution in [0.5, 0.6) is 0 Å². The summed E-state index contributed by atoms with van der Waals surface area (Å²) >= 11 is 0. The van der Waals surface area contributed by atoms with Gasteiger partial charge in [-0.1, -0.05) is 36.4 Å². The van der Waals surface area contributed by atoms with E-state index in [2.05, 4.69) is 6.58 Å². The van der Waals surface area contributed by atoms with Gasteiger partial charge in [0, 0.05) is 5.92 Å². The Balaban J connectivity index is 3.50. The largest absolute Gasteiger partial charge is 0.469 e. The Hall–Kier alpha value is -2.63. The topological polar surface area (TPSA) is 78.9 Å². The zero-order valence-electron chi connectivity index (χ0n) is 15.5. The summed E-state index contributed by atoms with van der Waals surface area (Å²) in [6.07, 6.45) is 1.80. The highest BCUT2D eigenvalue weighted by Crippen LogP contribution is 2.37. The van der Waals surface area contributed by atoms with Gasteiger partial charge in [-0.15, -0.1) is 6.58 Å². The Labute approximate surface area is 154 Å². The van der Waals surface area contributed by atoms with Crippen molar-refractivity contribution in [3.63, 3.8) is 0 Å². The quantitative estimate of drug-likeness (QED) is 0.276. The highest BCUT2D eigenvalue weighted by Gasteiger charge is 2.45. The van der Waals surface area contributed by atoms with E-state index in [1.54, 1.807) is 44.2 Å². The van der Waals surface area contributed by atoms with E-state index in [4.69, 9.17) is 14.2 Å². The van der Waals surface area contributed by atoms with Gasteiger partial charge in [0.2, 0.25) is 0 Å². The third kappa shape index (κ3) is 5.44. The molecule has 0 N–H and O–H groups in total. The van der Waals surface area contributed by atoms with Crippen LogP contribution < -0.4 is 0 Å². The molecule has 0 saturated heterocycles. The van der Waals surface area contributed by atoms with E-state index < -0.39 is 35.7 Å². The maximum atomic E-state index is 12.6. The average molecular weight is 362 g/mol. The van der Waals surface area contributed by atoms with Gasteiger partial charge in [0.1, 0.15) is 0 Å². The van der Waals surface area contributed by atoms with Gasteiger partial charge in [0.15, 0.2) is 5.92 Å². The molecule has 142 valence electrons. The van der Waals surface area contributed by atoms with E-state index in [-0.39, 0.29) is 19.6 Å². The molecule has 0 saturated carbocycles. The Morgan fingerprint density at radius 2 is 1.54 bits per heavy atom. The van der Waals surface area contributed by atoms with Gasteiger partial charge in [-0.3, -0.25) is 14.4 Å². The van der Waals surface area contributed by atoms with Gasteiger partial charge in [-0.25, -0.2) is 0 Å². The molecular weight excluding hydrogens is 336 g/mol. The number of rotatable bonds is 10. The monoisotopic (exact) mass is 362 g/mol. The fourth-order valence-corrected chi connectivity index (χ4v) is 2.91. The first kappa shape index (κ1) is 21.4. The molecule has 0 aliphatic heterocycles. The van der Waals surface area contributed by atoms with Crippen molar-refractivity contribution in [3.8, 4) is 0 Å². The van der Waals surface area contributed by atoms with Crippen molar-refractivity contribution in [2.45, 2.75) is 26.2 Å². The van der Waals surface area contributed by atoms with Crippen LogP contribution >= 0.6 is 0 Å². The number of esters is 3. The van der Waals surface area contributed by atoms with E-state index in [0.29, 0.717) is 5.56 Å². The molecule has 0 spiro atoms. The van der Waals surface area contributed by atoms with Crippen molar-refractivity contribution in [1.82, 2.24) is 0 Å². The average Bonchev–Trinajstić information content (AvgIpc) is 2.64. The Bertz CT molecular complexity index is 592. The third-order valence-corrected chi connectivity index (χ3v) is 3.98. The second-order valence-electron chi connectivity index (χ2n) is 5.57. The zero-order chi connectivity index (χ0) is 19.5. The smallest absolute Gasteiger partial charge is 0.320 e. The molecule has 6 heteroatoms. The predicted molar refractivity (Wildman–Crippen MR) is 96.3 cm³/mol. The lowest BCUT2D eigenvalue weighted by Crippen LogP contribution is -2.39. The van der Waals surface area contributed by atoms with E-state index in [9.17, 15) is 14.4 Å². The van der Waals surface area contributed by atoms with E-state index in [1.807, 2.05) is 6.07 Å². The Morgan fingerprint density at radius 3 is 1.96 bits per heavy atom. The van der Waals surface area contributed by atoms with Gasteiger partial charge >= 0.3 is 17.9 Å². The van der Waals surface area contributed by atoms with Crippen LogP contribution in [0.25, 0.3) is 0 Å². The molecule has 26 heavy (non-hydrogen) atoms. The Kier molecular flexibility index (Phi) is 9.12. The van der Waals surface area contributed by atoms with Gasteiger partial charge in [-0.2, -0.15) is 0 Å². The minimum Gasteiger partial charge on any atom is -0.469 e. The molecule has 2 atom stereocenters. The highest BCUT2D eigenvalue weighted by molar-refractivity contribution is 5.97. The molecule has 1 rings (SSSR count). The SMILES string of the molecule is C=CC[C@H](C(=O)OC)[C@@H](c1ccccc1)C(C(=O)OCC)C(=O)OCC. The summed E-state index contributed by atoms with van der Waals surface area (Å²) in [6.45, 7) is 7.20. The molecule has 0 fully saturated rings. The number of carbonyl (C=O) groups is 3. The molecule has 1 aromatic carbocycles. The lowest BCUT2D eigenvalue weighted by atomic mass is 9.75. The summed E-state index contributed by atoms with van der Waals surface area (Å²) in [6, 6.07) is 8.88. The van der Waals surface area contributed by atoms with E-state index in [1.165, 1.54) is 7.11 Å². The number of ether oxygens (including phenoxy) is 3. The van der Waals surface area contributed by atoms with Crippen LogP contribution in [0.3, 0.4) is 0 Å². The number of carbonyl (C=O) groups excluding carboxylic acids is 3. The molecule has 0 aliphatic rings. The van der Waals surface area contributed by atoms with Gasteiger partial charge < -0.3 is 14.2 Å². The van der Waals surface area contributed by atoms with Crippen LogP contribution in [0, 0.1) is 11.8 Å². The molecule has 0 bridgehead atoms. The Morgan fingerprint density at radius 1 is 1.00 bits per heavy atom. The first-order valence-corrected chi connectivity index (χ1v) is 8.58. The molecule has 0 heterocycles. The molecule has 0 radical (unpaired) electrons. The van der Waals surface area contributed by atoms with Crippen molar-refractivity contribution < 1.29 is 28.6 Å². The zero-order valence-corrected chi connectivity index (χ0v) is 15.5. The summed E-state index contributed by atoms with van der Waals surface area (Å²) < 4.78 is 15.1. The summed E-state index contributed by atoms with van der Waals surface area (Å²) in [5.74, 6) is -4.83.